The van der Waals surface area contributed by atoms with Crippen molar-refractivity contribution in [1.82, 2.24) is 34.8 Å². The van der Waals surface area contributed by atoms with Gasteiger partial charge in [-0.05, 0) is 68.4 Å². The van der Waals surface area contributed by atoms with Crippen molar-refractivity contribution in [2.45, 2.75) is 56.5 Å². The number of aromatic nitrogens is 5. The molecule has 0 spiro atoms. The summed E-state index contributed by atoms with van der Waals surface area (Å²) in [6.07, 6.45) is 10.2. The van der Waals surface area contributed by atoms with Crippen LogP contribution in [0, 0.1) is 5.92 Å². The van der Waals surface area contributed by atoms with Gasteiger partial charge in [0.15, 0.2) is 5.65 Å². The quantitative estimate of drug-likeness (QED) is 0.326. The Balaban J connectivity index is 0.928. The van der Waals surface area contributed by atoms with E-state index in [-0.39, 0.29) is 24.0 Å². The average molecular weight is 565 g/mol. The van der Waals surface area contributed by atoms with Gasteiger partial charge in [-0.15, -0.1) is 0 Å². The highest BCUT2D eigenvalue weighted by atomic mass is 16.2. The van der Waals surface area contributed by atoms with E-state index in [1.165, 1.54) is 0 Å². The van der Waals surface area contributed by atoms with Gasteiger partial charge in [0.25, 0.3) is 11.8 Å². The lowest BCUT2D eigenvalue weighted by Gasteiger charge is -2.35. The highest BCUT2D eigenvalue weighted by Gasteiger charge is 2.44. The van der Waals surface area contributed by atoms with E-state index in [4.69, 9.17) is 5.10 Å². The Morgan fingerprint density at radius 2 is 1.83 bits per heavy atom. The van der Waals surface area contributed by atoms with Crippen LogP contribution < -0.4 is 10.6 Å². The first-order valence-corrected chi connectivity index (χ1v) is 14.4. The number of carbonyl (C=O) groups excluding carboxylic acids is 4. The van der Waals surface area contributed by atoms with Crippen LogP contribution in [0.15, 0.2) is 48.9 Å². The third kappa shape index (κ3) is 4.00. The number of pyridine rings is 1. The Morgan fingerprint density at radius 1 is 1.00 bits per heavy atom. The second kappa shape index (κ2) is 9.33. The number of nitrogens with zero attached hydrogens (tertiary/aromatic N) is 6. The third-order valence-electron chi connectivity index (χ3n) is 8.88. The molecule has 1 aromatic carbocycles. The molecular weight excluding hydrogens is 536 g/mol. The van der Waals surface area contributed by atoms with Crippen molar-refractivity contribution in [3.63, 3.8) is 0 Å². The van der Waals surface area contributed by atoms with Crippen molar-refractivity contribution < 1.29 is 19.2 Å². The van der Waals surface area contributed by atoms with Crippen molar-refractivity contribution in [3.05, 3.63) is 65.7 Å². The number of rotatable bonds is 7. The maximum atomic E-state index is 13.1. The molecule has 12 nitrogen and oxygen atoms in total. The van der Waals surface area contributed by atoms with Crippen molar-refractivity contribution in [3.8, 4) is 5.69 Å². The molecule has 1 atom stereocenters. The summed E-state index contributed by atoms with van der Waals surface area (Å²) < 4.78 is 4.00. The molecule has 2 aliphatic heterocycles. The molecule has 3 fully saturated rings. The van der Waals surface area contributed by atoms with Gasteiger partial charge in [0.2, 0.25) is 11.8 Å². The minimum Gasteiger partial charge on any atom is -0.385 e. The van der Waals surface area contributed by atoms with Crippen LogP contribution in [0.25, 0.3) is 16.7 Å². The number of nitrogens with one attached hydrogen (secondary N) is 2. The summed E-state index contributed by atoms with van der Waals surface area (Å²) in [4.78, 5) is 55.4. The zero-order valence-corrected chi connectivity index (χ0v) is 22.7. The number of hydrogen-bond donors (Lipinski definition) is 2. The van der Waals surface area contributed by atoms with Gasteiger partial charge < -0.3 is 5.32 Å². The second-order valence-corrected chi connectivity index (χ2v) is 11.7. The van der Waals surface area contributed by atoms with Crippen LogP contribution >= 0.6 is 0 Å². The molecule has 3 aromatic heterocycles. The SMILES string of the molecule is O=C1CCC(N2C(=O)c3ccc(NCC4CC(n5cc(-n6ncc7cccnc76)c(C6CC6)n5)C4)cc3C2=O)C(=O)N1. The number of amides is 4. The van der Waals surface area contributed by atoms with Gasteiger partial charge in [0.1, 0.15) is 11.7 Å². The molecule has 4 aliphatic rings. The number of imide groups is 2. The number of piperidine rings is 1. The fourth-order valence-corrected chi connectivity index (χ4v) is 6.36. The van der Waals surface area contributed by atoms with E-state index >= 15 is 0 Å². The van der Waals surface area contributed by atoms with Gasteiger partial charge in [-0.2, -0.15) is 10.2 Å². The van der Waals surface area contributed by atoms with E-state index in [1.807, 2.05) is 23.0 Å². The molecule has 42 heavy (non-hydrogen) atoms. The van der Waals surface area contributed by atoms with E-state index < -0.39 is 29.7 Å². The smallest absolute Gasteiger partial charge is 0.262 e. The Labute approximate surface area is 240 Å². The molecule has 0 radical (unpaired) electrons. The molecule has 4 amide bonds. The molecule has 8 rings (SSSR count). The third-order valence-corrected chi connectivity index (χ3v) is 8.88. The molecular formula is C30H28N8O4. The van der Waals surface area contributed by atoms with Crippen LogP contribution in [0.2, 0.25) is 0 Å². The first-order valence-electron chi connectivity index (χ1n) is 14.4. The van der Waals surface area contributed by atoms with Crippen LogP contribution in [0.4, 0.5) is 5.69 Å². The molecule has 1 saturated heterocycles. The van der Waals surface area contributed by atoms with Crippen molar-refractivity contribution >= 4 is 40.3 Å². The Hall–Kier alpha value is -4.87. The fourth-order valence-electron chi connectivity index (χ4n) is 6.36. The molecule has 2 N–H and O–H groups in total. The van der Waals surface area contributed by atoms with Crippen LogP contribution in [0.1, 0.15) is 76.9 Å². The van der Waals surface area contributed by atoms with Gasteiger partial charge in [0, 0.05) is 36.2 Å². The van der Waals surface area contributed by atoms with Crippen LogP contribution in [0.5, 0.6) is 0 Å². The largest absolute Gasteiger partial charge is 0.385 e. The number of benzene rings is 1. The van der Waals surface area contributed by atoms with E-state index in [0.717, 1.165) is 65.2 Å². The minimum atomic E-state index is -0.968. The van der Waals surface area contributed by atoms with Gasteiger partial charge in [-0.25, -0.2) is 9.67 Å². The maximum Gasteiger partial charge on any atom is 0.262 e. The van der Waals surface area contributed by atoms with Crippen LogP contribution in [-0.2, 0) is 9.59 Å². The highest BCUT2D eigenvalue weighted by Crippen LogP contribution is 2.44. The summed E-state index contributed by atoms with van der Waals surface area (Å²) in [5.74, 6) is -1.09. The van der Waals surface area contributed by atoms with E-state index in [9.17, 15) is 19.2 Å². The molecule has 0 bridgehead atoms. The molecule has 5 heterocycles. The standard InChI is InChI=1S/C30H28N8O4/c39-25-8-7-23(28(40)34-25)37-29(41)21-6-5-19(12-22(21)30(37)42)32-13-16-10-20(11-16)36-15-24(26(35-36)17-3-4-17)38-27-18(14-33-38)2-1-9-31-27/h1-2,5-6,9,12,14-17,20,23,32H,3-4,7-8,10-11,13H2,(H,34,39,40). The lowest BCUT2D eigenvalue weighted by atomic mass is 9.80. The van der Waals surface area contributed by atoms with E-state index in [0.29, 0.717) is 17.9 Å². The normalized spacial score (nSPS) is 23.7. The highest BCUT2D eigenvalue weighted by molar-refractivity contribution is 6.23. The molecule has 1 unspecified atom stereocenters. The van der Waals surface area contributed by atoms with Crippen molar-refractivity contribution in [2.75, 3.05) is 11.9 Å². The minimum absolute atomic E-state index is 0.0953. The number of anilines is 1. The monoisotopic (exact) mass is 564 g/mol. The van der Waals surface area contributed by atoms with E-state index in [2.05, 4.69) is 31.6 Å². The Morgan fingerprint density at radius 3 is 2.64 bits per heavy atom. The average Bonchev–Trinajstić information content (AvgIpc) is 3.50. The van der Waals surface area contributed by atoms with E-state index in [1.54, 1.807) is 24.4 Å². The summed E-state index contributed by atoms with van der Waals surface area (Å²) in [5.41, 5.74) is 4.24. The van der Waals surface area contributed by atoms with Gasteiger partial charge >= 0.3 is 0 Å². The lowest BCUT2D eigenvalue weighted by molar-refractivity contribution is -0.136. The molecule has 12 heteroatoms. The topological polar surface area (TPSA) is 144 Å². The summed E-state index contributed by atoms with van der Waals surface area (Å²) in [6, 6.07) is 8.37. The Bertz CT molecular complexity index is 1800. The molecule has 212 valence electrons. The zero-order valence-electron chi connectivity index (χ0n) is 22.7. The Kier molecular flexibility index (Phi) is 5.53. The number of fused-ring (bicyclic) bond motifs is 2. The zero-order chi connectivity index (χ0) is 28.5. The summed E-state index contributed by atoms with van der Waals surface area (Å²) in [5, 5.41) is 16.3. The number of hydrogen-bond acceptors (Lipinski definition) is 8. The predicted octanol–water partition coefficient (Wildman–Crippen LogP) is 2.96. The summed E-state index contributed by atoms with van der Waals surface area (Å²) in [7, 11) is 0. The van der Waals surface area contributed by atoms with Gasteiger partial charge in [-0.3, -0.25) is 34.1 Å². The summed E-state index contributed by atoms with van der Waals surface area (Å²) in [6.45, 7) is 0.728. The van der Waals surface area contributed by atoms with Crippen LogP contribution in [-0.4, -0.2) is 65.7 Å². The van der Waals surface area contributed by atoms with Crippen molar-refractivity contribution in [1.29, 1.82) is 0 Å². The fraction of sp³-hybridized carbons (Fsp3) is 0.367. The second-order valence-electron chi connectivity index (χ2n) is 11.7. The summed E-state index contributed by atoms with van der Waals surface area (Å²) >= 11 is 0. The first-order chi connectivity index (χ1) is 20.4. The lowest BCUT2D eigenvalue weighted by Crippen LogP contribution is -2.54. The molecule has 4 aromatic rings. The van der Waals surface area contributed by atoms with Crippen LogP contribution in [0.3, 0.4) is 0 Å². The van der Waals surface area contributed by atoms with Gasteiger partial charge in [0.05, 0.1) is 35.3 Å². The molecule has 2 saturated carbocycles. The number of carbonyl (C=O) groups is 4. The van der Waals surface area contributed by atoms with Gasteiger partial charge in [-0.1, -0.05) is 0 Å². The maximum absolute atomic E-state index is 13.1. The molecule has 2 aliphatic carbocycles. The predicted molar refractivity (Wildman–Crippen MR) is 150 cm³/mol. The van der Waals surface area contributed by atoms with Crippen molar-refractivity contribution in [2.24, 2.45) is 5.92 Å². The first kappa shape index (κ1) is 24.9.